The highest BCUT2D eigenvalue weighted by Gasteiger charge is 2.15. The van der Waals surface area contributed by atoms with E-state index in [4.69, 9.17) is 0 Å². The van der Waals surface area contributed by atoms with Crippen molar-refractivity contribution in [2.75, 3.05) is 10.6 Å². The van der Waals surface area contributed by atoms with E-state index in [0.29, 0.717) is 11.6 Å². The number of hydrogen-bond donors (Lipinski definition) is 2. The molecule has 2 rings (SSSR count). The number of anilines is 2. The van der Waals surface area contributed by atoms with Gasteiger partial charge in [-0.25, -0.2) is 18.0 Å². The fourth-order valence-corrected chi connectivity index (χ4v) is 1.86. The summed E-state index contributed by atoms with van der Waals surface area (Å²) in [7, 11) is 0. The van der Waals surface area contributed by atoms with Crippen molar-refractivity contribution in [3.63, 3.8) is 0 Å². The van der Waals surface area contributed by atoms with E-state index in [-0.39, 0.29) is 0 Å². The molecular weight excluding hydrogens is 293 g/mol. The van der Waals surface area contributed by atoms with Crippen molar-refractivity contribution in [1.82, 2.24) is 0 Å². The van der Waals surface area contributed by atoms with Crippen molar-refractivity contribution >= 4 is 17.4 Å². The molecule has 0 saturated heterocycles. The van der Waals surface area contributed by atoms with Gasteiger partial charge in [0.05, 0.1) is 5.69 Å². The summed E-state index contributed by atoms with van der Waals surface area (Å²) in [4.78, 5) is 11.7. The second kappa shape index (κ2) is 6.51. The van der Waals surface area contributed by atoms with Crippen LogP contribution in [-0.2, 0) is 0 Å². The van der Waals surface area contributed by atoms with E-state index < -0.39 is 29.2 Å². The van der Waals surface area contributed by atoms with Gasteiger partial charge >= 0.3 is 6.03 Å². The van der Waals surface area contributed by atoms with Crippen LogP contribution < -0.4 is 10.6 Å². The Kier molecular flexibility index (Phi) is 4.70. The van der Waals surface area contributed by atoms with Crippen molar-refractivity contribution in [1.29, 1.82) is 0 Å². The minimum Gasteiger partial charge on any atom is -0.308 e. The van der Waals surface area contributed by atoms with Crippen molar-refractivity contribution < 1.29 is 18.0 Å². The first kappa shape index (κ1) is 15.9. The fraction of sp³-hybridized carbons (Fsp3) is 0.188. The highest BCUT2D eigenvalue weighted by Crippen LogP contribution is 2.20. The highest BCUT2D eigenvalue weighted by atomic mass is 19.2. The smallest absolute Gasteiger partial charge is 0.308 e. The van der Waals surface area contributed by atoms with Gasteiger partial charge in [0.25, 0.3) is 0 Å². The Morgan fingerprint density at radius 3 is 2.14 bits per heavy atom. The fourth-order valence-electron chi connectivity index (χ4n) is 1.86. The largest absolute Gasteiger partial charge is 0.323 e. The number of urea groups is 1. The molecule has 0 saturated carbocycles. The van der Waals surface area contributed by atoms with Gasteiger partial charge in [0.15, 0.2) is 17.5 Å². The van der Waals surface area contributed by atoms with Gasteiger partial charge in [-0.05, 0) is 35.7 Å². The highest BCUT2D eigenvalue weighted by molar-refractivity contribution is 5.99. The SMILES string of the molecule is CC(C)c1ccc(NC(=O)Nc2ccc(F)c(F)c2F)cc1. The Labute approximate surface area is 126 Å². The number of benzene rings is 2. The predicted molar refractivity (Wildman–Crippen MR) is 79.5 cm³/mol. The minimum atomic E-state index is -1.63. The van der Waals surface area contributed by atoms with E-state index >= 15 is 0 Å². The molecule has 2 aromatic carbocycles. The molecule has 3 nitrogen and oxygen atoms in total. The third-order valence-corrected chi connectivity index (χ3v) is 3.12. The van der Waals surface area contributed by atoms with Crippen LogP contribution in [0.5, 0.6) is 0 Å². The number of rotatable bonds is 3. The zero-order chi connectivity index (χ0) is 16.3. The van der Waals surface area contributed by atoms with Crippen molar-refractivity contribution in [3.8, 4) is 0 Å². The Morgan fingerprint density at radius 1 is 0.909 bits per heavy atom. The first-order valence-electron chi connectivity index (χ1n) is 6.70. The zero-order valence-electron chi connectivity index (χ0n) is 12.1. The van der Waals surface area contributed by atoms with Gasteiger partial charge in [-0.1, -0.05) is 26.0 Å². The summed E-state index contributed by atoms with van der Waals surface area (Å²) >= 11 is 0. The molecule has 0 unspecified atom stereocenters. The summed E-state index contributed by atoms with van der Waals surface area (Å²) in [5, 5.41) is 4.62. The molecule has 116 valence electrons. The van der Waals surface area contributed by atoms with E-state index in [1.807, 2.05) is 26.0 Å². The Morgan fingerprint density at radius 2 is 1.55 bits per heavy atom. The molecule has 0 spiro atoms. The van der Waals surface area contributed by atoms with Gasteiger partial charge in [0.2, 0.25) is 0 Å². The molecule has 6 heteroatoms. The first-order chi connectivity index (χ1) is 10.4. The standard InChI is InChI=1S/C16H15F3N2O/c1-9(2)10-3-5-11(6-4-10)20-16(22)21-13-8-7-12(17)14(18)15(13)19/h3-9H,1-2H3,(H2,20,21,22). The van der Waals surface area contributed by atoms with Crippen LogP contribution in [0.3, 0.4) is 0 Å². The van der Waals surface area contributed by atoms with Crippen LogP contribution in [-0.4, -0.2) is 6.03 Å². The summed E-state index contributed by atoms with van der Waals surface area (Å²) in [6.07, 6.45) is 0. The molecule has 2 amide bonds. The van der Waals surface area contributed by atoms with Gasteiger partial charge in [-0.3, -0.25) is 0 Å². The van der Waals surface area contributed by atoms with Crippen molar-refractivity contribution in [2.45, 2.75) is 19.8 Å². The average molecular weight is 308 g/mol. The first-order valence-corrected chi connectivity index (χ1v) is 6.70. The van der Waals surface area contributed by atoms with Gasteiger partial charge in [0.1, 0.15) is 0 Å². The second-order valence-electron chi connectivity index (χ2n) is 5.08. The lowest BCUT2D eigenvalue weighted by Gasteiger charge is -2.10. The summed E-state index contributed by atoms with van der Waals surface area (Å²) in [6, 6.07) is 8.08. The van der Waals surface area contributed by atoms with Crippen molar-refractivity contribution in [3.05, 3.63) is 59.4 Å². The van der Waals surface area contributed by atoms with E-state index in [2.05, 4.69) is 10.6 Å². The van der Waals surface area contributed by atoms with E-state index in [9.17, 15) is 18.0 Å². The van der Waals surface area contributed by atoms with Crippen LogP contribution in [0.4, 0.5) is 29.3 Å². The van der Waals surface area contributed by atoms with Gasteiger partial charge < -0.3 is 10.6 Å². The van der Waals surface area contributed by atoms with Crippen LogP contribution in [0, 0.1) is 17.5 Å². The maximum atomic E-state index is 13.4. The molecular formula is C16H15F3N2O. The maximum absolute atomic E-state index is 13.4. The monoisotopic (exact) mass is 308 g/mol. The summed E-state index contributed by atoms with van der Waals surface area (Å²) in [5.74, 6) is -4.02. The number of amides is 2. The van der Waals surface area contributed by atoms with Gasteiger partial charge in [0, 0.05) is 5.69 Å². The molecule has 2 N–H and O–H groups in total. The van der Waals surface area contributed by atoms with Gasteiger partial charge in [-0.15, -0.1) is 0 Å². The minimum absolute atomic E-state index is 0.360. The molecule has 0 aliphatic carbocycles. The molecule has 2 aromatic rings. The topological polar surface area (TPSA) is 41.1 Å². The third kappa shape index (κ3) is 3.58. The zero-order valence-corrected chi connectivity index (χ0v) is 12.1. The molecule has 0 aromatic heterocycles. The van der Waals surface area contributed by atoms with E-state index in [1.54, 1.807) is 12.1 Å². The number of hydrogen-bond acceptors (Lipinski definition) is 1. The molecule has 22 heavy (non-hydrogen) atoms. The Hall–Kier alpha value is -2.50. The lowest BCUT2D eigenvalue weighted by Crippen LogP contribution is -2.20. The van der Waals surface area contributed by atoms with Crippen LogP contribution in [0.1, 0.15) is 25.3 Å². The second-order valence-corrected chi connectivity index (χ2v) is 5.08. The molecule has 0 radical (unpaired) electrons. The molecule has 0 aliphatic heterocycles. The van der Waals surface area contributed by atoms with Crippen LogP contribution in [0.25, 0.3) is 0 Å². The summed E-state index contributed by atoms with van der Waals surface area (Å²) in [5.41, 5.74) is 1.18. The molecule has 0 aliphatic rings. The number of carbonyl (C=O) groups is 1. The van der Waals surface area contributed by atoms with Crippen LogP contribution in [0.2, 0.25) is 0 Å². The quantitative estimate of drug-likeness (QED) is 0.780. The average Bonchev–Trinajstić information content (AvgIpc) is 2.48. The number of halogens is 3. The Balaban J connectivity index is 2.06. The summed E-state index contributed by atoms with van der Waals surface area (Å²) in [6.45, 7) is 4.09. The summed E-state index contributed by atoms with van der Waals surface area (Å²) < 4.78 is 39.3. The maximum Gasteiger partial charge on any atom is 0.323 e. The van der Waals surface area contributed by atoms with Crippen LogP contribution in [0.15, 0.2) is 36.4 Å². The molecule has 0 atom stereocenters. The molecule has 0 bridgehead atoms. The normalized spacial score (nSPS) is 10.6. The Bertz CT molecular complexity index is 685. The molecule has 0 fully saturated rings. The van der Waals surface area contributed by atoms with E-state index in [0.717, 1.165) is 17.7 Å². The lowest BCUT2D eigenvalue weighted by atomic mass is 10.0. The number of nitrogens with one attached hydrogen (secondary N) is 2. The predicted octanol–water partition coefficient (Wildman–Crippen LogP) is 4.87. The van der Waals surface area contributed by atoms with Crippen molar-refractivity contribution in [2.24, 2.45) is 0 Å². The van der Waals surface area contributed by atoms with Gasteiger partial charge in [-0.2, -0.15) is 0 Å². The third-order valence-electron chi connectivity index (χ3n) is 3.12. The number of carbonyl (C=O) groups excluding carboxylic acids is 1. The van der Waals surface area contributed by atoms with E-state index in [1.165, 1.54) is 0 Å². The van der Waals surface area contributed by atoms with Crippen LogP contribution >= 0.6 is 0 Å². The lowest BCUT2D eigenvalue weighted by molar-refractivity contribution is 0.262. The molecule has 0 heterocycles.